The third-order valence-corrected chi connectivity index (χ3v) is 4.86. The third-order valence-electron chi connectivity index (χ3n) is 4.86. The van der Waals surface area contributed by atoms with Crippen molar-refractivity contribution in [2.75, 3.05) is 67.7 Å². The van der Waals surface area contributed by atoms with E-state index in [9.17, 15) is 4.79 Å². The van der Waals surface area contributed by atoms with Crippen LogP contribution >= 0.6 is 0 Å². The molecule has 0 spiro atoms. The zero-order valence-corrected chi connectivity index (χ0v) is 17.6. The van der Waals surface area contributed by atoms with Crippen LogP contribution in [0.3, 0.4) is 0 Å². The van der Waals surface area contributed by atoms with Crippen LogP contribution in [0.2, 0.25) is 0 Å². The van der Waals surface area contributed by atoms with E-state index in [0.717, 1.165) is 56.2 Å². The molecular formula is C21H34N4O3. The van der Waals surface area contributed by atoms with Crippen molar-refractivity contribution >= 4 is 11.9 Å². The van der Waals surface area contributed by atoms with Gasteiger partial charge in [-0.05, 0) is 30.5 Å². The van der Waals surface area contributed by atoms with E-state index in [1.54, 1.807) is 26.1 Å². The molecule has 1 fully saturated rings. The van der Waals surface area contributed by atoms with E-state index in [1.807, 2.05) is 25.2 Å². The Bertz CT molecular complexity index is 648. The van der Waals surface area contributed by atoms with Gasteiger partial charge in [0.05, 0.1) is 19.8 Å². The second kappa shape index (κ2) is 11.7. The van der Waals surface area contributed by atoms with Crippen molar-refractivity contribution in [2.24, 2.45) is 10.9 Å². The molecule has 1 amide bonds. The largest absolute Gasteiger partial charge is 0.382 e. The lowest BCUT2D eigenvalue weighted by atomic mass is 10.1. The maximum Gasteiger partial charge on any atom is 0.253 e. The zero-order valence-electron chi connectivity index (χ0n) is 17.6. The van der Waals surface area contributed by atoms with Crippen molar-refractivity contribution in [3.63, 3.8) is 0 Å². The lowest BCUT2D eigenvalue weighted by Crippen LogP contribution is -2.41. The minimum absolute atomic E-state index is 0.0291. The summed E-state index contributed by atoms with van der Waals surface area (Å²) in [5.74, 6) is 1.49. The van der Waals surface area contributed by atoms with Crippen LogP contribution in [0.1, 0.15) is 22.3 Å². The number of likely N-dealkylation sites (tertiary alicyclic amines) is 1. The van der Waals surface area contributed by atoms with E-state index in [-0.39, 0.29) is 5.91 Å². The smallest absolute Gasteiger partial charge is 0.253 e. The summed E-state index contributed by atoms with van der Waals surface area (Å²) in [6, 6.07) is 7.82. The van der Waals surface area contributed by atoms with Crippen molar-refractivity contribution < 1.29 is 14.3 Å². The molecule has 0 bridgehead atoms. The van der Waals surface area contributed by atoms with Crippen LogP contribution in [0.5, 0.6) is 0 Å². The monoisotopic (exact) mass is 390 g/mol. The second-order valence-corrected chi connectivity index (χ2v) is 7.29. The highest BCUT2D eigenvalue weighted by molar-refractivity contribution is 5.94. The number of hydrogen-bond donors (Lipinski definition) is 1. The number of amides is 1. The Kier molecular flexibility index (Phi) is 9.23. The van der Waals surface area contributed by atoms with Crippen molar-refractivity contribution in [3.8, 4) is 0 Å². The minimum atomic E-state index is 0.0291. The first-order chi connectivity index (χ1) is 13.5. The zero-order chi connectivity index (χ0) is 20.4. The number of carbonyl (C=O) groups is 1. The Labute approximate surface area is 168 Å². The van der Waals surface area contributed by atoms with E-state index >= 15 is 0 Å². The minimum Gasteiger partial charge on any atom is -0.382 e. The number of nitrogens with one attached hydrogen (secondary N) is 1. The van der Waals surface area contributed by atoms with Gasteiger partial charge in [0, 0.05) is 59.4 Å². The lowest BCUT2D eigenvalue weighted by Gasteiger charge is -2.22. The molecule has 0 aromatic heterocycles. The standard InChI is InChI=1S/C21H34N4O3/c1-22-21(25-11-9-18(15-25)16-28-13-12-27-4)23-10-8-17-6-5-7-19(14-17)20(26)24(2)3/h5-7,14,18H,8-13,15-16H2,1-4H3,(H,22,23). The summed E-state index contributed by atoms with van der Waals surface area (Å²) in [7, 11) is 7.05. The van der Waals surface area contributed by atoms with Gasteiger partial charge < -0.3 is 24.6 Å². The van der Waals surface area contributed by atoms with Crippen LogP contribution in [-0.4, -0.2) is 89.4 Å². The topological polar surface area (TPSA) is 66.4 Å². The number of hydrogen-bond acceptors (Lipinski definition) is 4. The molecule has 0 saturated carbocycles. The molecule has 1 heterocycles. The van der Waals surface area contributed by atoms with Crippen LogP contribution in [-0.2, 0) is 15.9 Å². The fourth-order valence-electron chi connectivity index (χ4n) is 3.32. The molecule has 1 aromatic carbocycles. The van der Waals surface area contributed by atoms with Crippen molar-refractivity contribution in [1.82, 2.24) is 15.1 Å². The molecule has 7 heteroatoms. The summed E-state index contributed by atoms with van der Waals surface area (Å²) in [6.45, 7) is 4.78. The molecule has 1 aliphatic heterocycles. The van der Waals surface area contributed by atoms with Crippen LogP contribution in [0, 0.1) is 5.92 Å². The van der Waals surface area contributed by atoms with Gasteiger partial charge in [-0.15, -0.1) is 0 Å². The second-order valence-electron chi connectivity index (χ2n) is 7.29. The van der Waals surface area contributed by atoms with Gasteiger partial charge in [-0.1, -0.05) is 12.1 Å². The van der Waals surface area contributed by atoms with E-state index in [2.05, 4.69) is 21.3 Å². The Morgan fingerprint density at radius 3 is 2.89 bits per heavy atom. The highest BCUT2D eigenvalue weighted by atomic mass is 16.5. The Morgan fingerprint density at radius 2 is 2.18 bits per heavy atom. The molecule has 1 aromatic rings. The number of methoxy groups -OCH3 is 1. The van der Waals surface area contributed by atoms with E-state index < -0.39 is 0 Å². The SMILES string of the molecule is CN=C(NCCc1cccc(C(=O)N(C)C)c1)N1CCC(COCCOC)C1. The molecule has 0 aliphatic carbocycles. The first-order valence-corrected chi connectivity index (χ1v) is 9.88. The lowest BCUT2D eigenvalue weighted by molar-refractivity contribution is 0.0536. The molecule has 28 heavy (non-hydrogen) atoms. The van der Waals surface area contributed by atoms with Gasteiger partial charge in [-0.2, -0.15) is 0 Å². The molecule has 1 atom stereocenters. The van der Waals surface area contributed by atoms with E-state index in [0.29, 0.717) is 19.1 Å². The molecule has 1 saturated heterocycles. The molecule has 7 nitrogen and oxygen atoms in total. The average Bonchev–Trinajstić information content (AvgIpc) is 3.17. The molecule has 1 N–H and O–H groups in total. The summed E-state index contributed by atoms with van der Waals surface area (Å²) >= 11 is 0. The molecule has 1 unspecified atom stereocenters. The number of carbonyl (C=O) groups excluding carboxylic acids is 1. The fraction of sp³-hybridized carbons (Fsp3) is 0.619. The first-order valence-electron chi connectivity index (χ1n) is 9.88. The summed E-state index contributed by atoms with van der Waals surface area (Å²) in [5, 5.41) is 3.45. The number of guanidine groups is 1. The maximum atomic E-state index is 12.1. The number of aliphatic imine (C=N–C) groups is 1. The van der Waals surface area contributed by atoms with Gasteiger partial charge in [0.25, 0.3) is 5.91 Å². The highest BCUT2D eigenvalue weighted by Gasteiger charge is 2.24. The van der Waals surface area contributed by atoms with Gasteiger partial charge >= 0.3 is 0 Å². The Morgan fingerprint density at radius 1 is 1.36 bits per heavy atom. The summed E-state index contributed by atoms with van der Waals surface area (Å²) in [6.07, 6.45) is 1.95. The van der Waals surface area contributed by atoms with Gasteiger partial charge in [-0.3, -0.25) is 9.79 Å². The average molecular weight is 391 g/mol. The predicted octanol–water partition coefficient (Wildman–Crippen LogP) is 1.49. The quantitative estimate of drug-likeness (QED) is 0.393. The van der Waals surface area contributed by atoms with Gasteiger partial charge in [0.1, 0.15) is 0 Å². The summed E-state index contributed by atoms with van der Waals surface area (Å²) in [4.78, 5) is 20.4. The molecule has 1 aliphatic rings. The van der Waals surface area contributed by atoms with E-state index in [4.69, 9.17) is 9.47 Å². The molecule has 2 rings (SSSR count). The molecule has 156 valence electrons. The van der Waals surface area contributed by atoms with Crippen molar-refractivity contribution in [2.45, 2.75) is 12.8 Å². The fourth-order valence-corrected chi connectivity index (χ4v) is 3.32. The van der Waals surface area contributed by atoms with Gasteiger partial charge in [0.15, 0.2) is 5.96 Å². The van der Waals surface area contributed by atoms with Gasteiger partial charge in [-0.25, -0.2) is 0 Å². The maximum absolute atomic E-state index is 12.1. The number of benzene rings is 1. The normalized spacial score (nSPS) is 17.1. The predicted molar refractivity (Wildman–Crippen MR) is 112 cm³/mol. The number of rotatable bonds is 9. The molecule has 0 radical (unpaired) electrons. The highest BCUT2D eigenvalue weighted by Crippen LogP contribution is 2.16. The Hall–Kier alpha value is -2.12. The Balaban J connectivity index is 1.77. The van der Waals surface area contributed by atoms with Crippen LogP contribution in [0.15, 0.2) is 29.3 Å². The number of ether oxygens (including phenoxy) is 2. The van der Waals surface area contributed by atoms with Crippen LogP contribution in [0.25, 0.3) is 0 Å². The van der Waals surface area contributed by atoms with Gasteiger partial charge in [0.2, 0.25) is 0 Å². The summed E-state index contributed by atoms with van der Waals surface area (Å²) in [5.41, 5.74) is 1.87. The number of nitrogens with zero attached hydrogens (tertiary/aromatic N) is 3. The third kappa shape index (κ3) is 6.80. The first kappa shape index (κ1) is 22.2. The molecular weight excluding hydrogens is 356 g/mol. The van der Waals surface area contributed by atoms with E-state index in [1.165, 1.54) is 0 Å². The van der Waals surface area contributed by atoms with Crippen molar-refractivity contribution in [3.05, 3.63) is 35.4 Å². The van der Waals surface area contributed by atoms with Crippen LogP contribution < -0.4 is 5.32 Å². The summed E-state index contributed by atoms with van der Waals surface area (Å²) < 4.78 is 10.7. The van der Waals surface area contributed by atoms with Crippen LogP contribution in [0.4, 0.5) is 0 Å². The van der Waals surface area contributed by atoms with Crippen molar-refractivity contribution in [1.29, 1.82) is 0 Å².